The third-order valence-electron chi connectivity index (χ3n) is 4.48. The largest absolute Gasteiger partial charge is 0.379 e. The van der Waals surface area contributed by atoms with E-state index in [1.54, 1.807) is 0 Å². The molecule has 0 bridgehead atoms. The highest BCUT2D eigenvalue weighted by Crippen LogP contribution is 2.48. The fourth-order valence-corrected chi connectivity index (χ4v) is 3.15. The van der Waals surface area contributed by atoms with Gasteiger partial charge < -0.3 is 9.47 Å². The minimum absolute atomic E-state index is 0.378. The second-order valence-electron chi connectivity index (χ2n) is 6.46. The fraction of sp³-hybridized carbons (Fsp3) is 1.00. The van der Waals surface area contributed by atoms with Crippen molar-refractivity contribution in [2.24, 2.45) is 5.41 Å². The van der Waals surface area contributed by atoms with E-state index in [4.69, 9.17) is 9.47 Å². The van der Waals surface area contributed by atoms with Gasteiger partial charge in [0, 0.05) is 24.5 Å². The molecule has 3 fully saturated rings. The molecular formula is C14H25NO2. The predicted molar refractivity (Wildman–Crippen MR) is 67.1 cm³/mol. The molecule has 1 spiro atoms. The van der Waals surface area contributed by atoms with Gasteiger partial charge in [0.2, 0.25) is 0 Å². The van der Waals surface area contributed by atoms with Gasteiger partial charge in [-0.05, 0) is 39.5 Å². The maximum absolute atomic E-state index is 5.85. The summed E-state index contributed by atoms with van der Waals surface area (Å²) in [5.74, 6) is 0. The van der Waals surface area contributed by atoms with E-state index in [2.05, 4.69) is 18.7 Å². The number of ether oxygens (including phenoxy) is 2. The van der Waals surface area contributed by atoms with Crippen molar-refractivity contribution in [3.63, 3.8) is 0 Å². The van der Waals surface area contributed by atoms with Crippen molar-refractivity contribution in [3.05, 3.63) is 0 Å². The average molecular weight is 239 g/mol. The van der Waals surface area contributed by atoms with Crippen molar-refractivity contribution in [3.8, 4) is 0 Å². The highest BCUT2D eigenvalue weighted by atomic mass is 16.5. The lowest BCUT2D eigenvalue weighted by Crippen LogP contribution is -2.50. The molecule has 2 saturated carbocycles. The molecular weight excluding hydrogens is 214 g/mol. The van der Waals surface area contributed by atoms with E-state index in [1.165, 1.54) is 32.2 Å². The number of nitrogens with zero attached hydrogens (tertiary/aromatic N) is 1. The molecule has 1 saturated heterocycles. The third-order valence-corrected chi connectivity index (χ3v) is 4.48. The summed E-state index contributed by atoms with van der Waals surface area (Å²) in [7, 11) is 0. The minimum Gasteiger partial charge on any atom is -0.379 e. The van der Waals surface area contributed by atoms with E-state index < -0.39 is 0 Å². The van der Waals surface area contributed by atoms with Crippen LogP contribution in [0.4, 0.5) is 0 Å². The monoisotopic (exact) mass is 239 g/mol. The first-order valence-electron chi connectivity index (χ1n) is 7.14. The summed E-state index contributed by atoms with van der Waals surface area (Å²) in [6, 6.07) is 0.762. The molecule has 1 aliphatic heterocycles. The van der Waals surface area contributed by atoms with Gasteiger partial charge in [-0.15, -0.1) is 0 Å². The lowest BCUT2D eigenvalue weighted by molar-refractivity contribution is -0.0781. The van der Waals surface area contributed by atoms with E-state index >= 15 is 0 Å². The zero-order chi connectivity index (χ0) is 11.9. The summed E-state index contributed by atoms with van der Waals surface area (Å²) < 4.78 is 11.6. The van der Waals surface area contributed by atoms with E-state index in [-0.39, 0.29) is 0 Å². The predicted octanol–water partition coefficient (Wildman–Crippen LogP) is 2.05. The molecule has 3 heteroatoms. The molecule has 2 aliphatic carbocycles. The molecule has 0 unspecified atom stereocenters. The van der Waals surface area contributed by atoms with Crippen molar-refractivity contribution < 1.29 is 9.47 Å². The van der Waals surface area contributed by atoms with Gasteiger partial charge in [0.05, 0.1) is 25.4 Å². The maximum atomic E-state index is 5.85. The van der Waals surface area contributed by atoms with Gasteiger partial charge in [0.1, 0.15) is 0 Å². The fourth-order valence-electron chi connectivity index (χ4n) is 3.15. The van der Waals surface area contributed by atoms with Gasteiger partial charge >= 0.3 is 0 Å². The summed E-state index contributed by atoms with van der Waals surface area (Å²) in [6.45, 7) is 8.58. The quantitative estimate of drug-likeness (QED) is 0.752. The van der Waals surface area contributed by atoms with E-state index in [9.17, 15) is 0 Å². The number of hydrogen-bond donors (Lipinski definition) is 0. The number of hydrogen-bond acceptors (Lipinski definition) is 3. The van der Waals surface area contributed by atoms with Crippen LogP contribution in [0.5, 0.6) is 0 Å². The smallest absolute Gasteiger partial charge is 0.0608 e. The standard InChI is InChI=1S/C14H25NO2/c1-11(2)17-13-7-12(8-13)15-5-6-16-10-14(9-15)3-4-14/h11-13H,3-10H2,1-2H3. The van der Waals surface area contributed by atoms with Crippen molar-refractivity contribution in [2.45, 2.75) is 57.8 Å². The van der Waals surface area contributed by atoms with Crippen LogP contribution >= 0.6 is 0 Å². The van der Waals surface area contributed by atoms with Crippen LogP contribution in [0.3, 0.4) is 0 Å². The third kappa shape index (κ3) is 2.67. The Morgan fingerprint density at radius 1 is 1.29 bits per heavy atom. The van der Waals surface area contributed by atoms with Crippen molar-refractivity contribution in [2.75, 3.05) is 26.3 Å². The highest BCUT2D eigenvalue weighted by molar-refractivity contribution is 5.00. The summed E-state index contributed by atoms with van der Waals surface area (Å²) in [4.78, 5) is 2.67. The van der Waals surface area contributed by atoms with Crippen molar-refractivity contribution in [1.29, 1.82) is 0 Å². The molecule has 0 N–H and O–H groups in total. The van der Waals surface area contributed by atoms with Gasteiger partial charge in [-0.3, -0.25) is 4.90 Å². The zero-order valence-electron chi connectivity index (χ0n) is 11.2. The SMILES string of the molecule is CC(C)OC1CC(N2CCOCC3(CC3)C2)C1. The molecule has 0 aromatic rings. The molecule has 3 rings (SSSR count). The molecule has 0 aromatic carbocycles. The minimum atomic E-state index is 0.378. The van der Waals surface area contributed by atoms with E-state index in [0.717, 1.165) is 25.8 Å². The lowest BCUT2D eigenvalue weighted by Gasteiger charge is -2.43. The Kier molecular flexibility index (Phi) is 3.18. The summed E-state index contributed by atoms with van der Waals surface area (Å²) in [5, 5.41) is 0. The second-order valence-corrected chi connectivity index (χ2v) is 6.46. The van der Waals surface area contributed by atoms with Gasteiger partial charge in [0.15, 0.2) is 0 Å². The van der Waals surface area contributed by atoms with Gasteiger partial charge in [-0.1, -0.05) is 0 Å². The van der Waals surface area contributed by atoms with E-state index in [1.807, 2.05) is 0 Å². The first-order chi connectivity index (χ1) is 8.17. The Morgan fingerprint density at radius 2 is 2.06 bits per heavy atom. The summed E-state index contributed by atoms with van der Waals surface area (Å²) >= 11 is 0. The Morgan fingerprint density at radius 3 is 2.71 bits per heavy atom. The summed E-state index contributed by atoms with van der Waals surface area (Å²) in [5.41, 5.74) is 0.542. The molecule has 0 amide bonds. The Hall–Kier alpha value is -0.120. The van der Waals surface area contributed by atoms with Crippen LogP contribution in [-0.2, 0) is 9.47 Å². The summed E-state index contributed by atoms with van der Waals surface area (Å²) in [6.07, 6.45) is 6.11. The molecule has 3 aliphatic rings. The van der Waals surface area contributed by atoms with Crippen LogP contribution in [-0.4, -0.2) is 49.5 Å². The Balaban J connectivity index is 1.49. The van der Waals surface area contributed by atoms with Crippen molar-refractivity contribution in [1.82, 2.24) is 4.90 Å². The van der Waals surface area contributed by atoms with Crippen LogP contribution < -0.4 is 0 Å². The highest BCUT2D eigenvalue weighted by Gasteiger charge is 2.47. The lowest BCUT2D eigenvalue weighted by atomic mass is 9.87. The van der Waals surface area contributed by atoms with Crippen LogP contribution in [0.25, 0.3) is 0 Å². The molecule has 98 valence electrons. The molecule has 0 radical (unpaired) electrons. The molecule has 0 aromatic heterocycles. The van der Waals surface area contributed by atoms with E-state index in [0.29, 0.717) is 17.6 Å². The molecule has 0 atom stereocenters. The Bertz CT molecular complexity index is 269. The molecule has 17 heavy (non-hydrogen) atoms. The zero-order valence-corrected chi connectivity index (χ0v) is 11.2. The van der Waals surface area contributed by atoms with Crippen LogP contribution in [0.1, 0.15) is 39.5 Å². The molecule has 3 nitrogen and oxygen atoms in total. The van der Waals surface area contributed by atoms with Crippen LogP contribution in [0.2, 0.25) is 0 Å². The van der Waals surface area contributed by atoms with Gasteiger partial charge in [0.25, 0.3) is 0 Å². The number of rotatable bonds is 3. The van der Waals surface area contributed by atoms with Crippen molar-refractivity contribution >= 4 is 0 Å². The molecule has 1 heterocycles. The second kappa shape index (κ2) is 4.52. The van der Waals surface area contributed by atoms with Gasteiger partial charge in [-0.2, -0.15) is 0 Å². The normalized spacial score (nSPS) is 36.9. The average Bonchev–Trinajstić information content (AvgIpc) is 3.00. The van der Waals surface area contributed by atoms with Crippen LogP contribution in [0, 0.1) is 5.41 Å². The maximum Gasteiger partial charge on any atom is 0.0608 e. The first-order valence-corrected chi connectivity index (χ1v) is 7.14. The van der Waals surface area contributed by atoms with Crippen LogP contribution in [0.15, 0.2) is 0 Å². The topological polar surface area (TPSA) is 21.7 Å². The Labute approximate surface area is 104 Å². The first kappa shape index (κ1) is 11.9. The van der Waals surface area contributed by atoms with Gasteiger partial charge in [-0.25, -0.2) is 0 Å².